The molecule has 4 rings (SSSR count). The minimum Gasteiger partial charge on any atom is -0.507 e. The van der Waals surface area contributed by atoms with E-state index in [0.717, 1.165) is 22.9 Å². The Morgan fingerprint density at radius 2 is 2.14 bits per heavy atom. The molecule has 2 N–H and O–H groups in total. The molecule has 0 spiro atoms. The lowest BCUT2D eigenvalue weighted by molar-refractivity contribution is 0.432. The van der Waals surface area contributed by atoms with E-state index >= 15 is 0 Å². The lowest BCUT2D eigenvalue weighted by atomic mass is 10.0. The van der Waals surface area contributed by atoms with Crippen molar-refractivity contribution in [3.05, 3.63) is 53.1 Å². The van der Waals surface area contributed by atoms with Gasteiger partial charge < -0.3 is 9.63 Å². The van der Waals surface area contributed by atoms with Gasteiger partial charge in [-0.05, 0) is 42.2 Å². The van der Waals surface area contributed by atoms with Gasteiger partial charge in [0.1, 0.15) is 11.8 Å². The first-order valence-corrected chi connectivity index (χ1v) is 10.4. The zero-order valence-corrected chi connectivity index (χ0v) is 15.7. The predicted octanol–water partition coefficient (Wildman–Crippen LogP) is 2.52. The number of aromatic hydroxyl groups is 1. The number of nitriles is 1. The van der Waals surface area contributed by atoms with Gasteiger partial charge >= 0.3 is 0 Å². The quantitative estimate of drug-likeness (QED) is 0.693. The minimum atomic E-state index is -3.32. The van der Waals surface area contributed by atoms with Crippen LogP contribution in [0.3, 0.4) is 0 Å². The third-order valence-corrected chi connectivity index (χ3v) is 5.37. The number of hydrogen-bond acceptors (Lipinski definition) is 7. The standard InChI is InChI=1S/C19H16N4O4S/c1-28(25,26)23-16-7-6-13-14(16)3-2-4-15(13)18-21-19(27-22-18)11-5-8-17(24)12(9-11)10-20/h2-5,8-9,16,23-24H,6-7H2,1H3/t16-/m0/s1. The highest BCUT2D eigenvalue weighted by molar-refractivity contribution is 7.88. The molecule has 1 atom stereocenters. The highest BCUT2D eigenvalue weighted by Gasteiger charge is 2.28. The molecule has 0 saturated carbocycles. The van der Waals surface area contributed by atoms with Gasteiger partial charge in [-0.15, -0.1) is 0 Å². The van der Waals surface area contributed by atoms with Gasteiger partial charge in [-0.25, -0.2) is 13.1 Å². The second-order valence-corrected chi connectivity index (χ2v) is 8.40. The van der Waals surface area contributed by atoms with Gasteiger partial charge in [0.2, 0.25) is 15.8 Å². The molecule has 0 fully saturated rings. The zero-order chi connectivity index (χ0) is 19.9. The Morgan fingerprint density at radius 3 is 2.89 bits per heavy atom. The van der Waals surface area contributed by atoms with Crippen LogP contribution in [0.4, 0.5) is 0 Å². The molecule has 28 heavy (non-hydrogen) atoms. The maximum atomic E-state index is 11.6. The lowest BCUT2D eigenvalue weighted by Crippen LogP contribution is -2.25. The number of phenolic OH excluding ortho intramolecular Hbond substituents is 1. The Bertz CT molecular complexity index is 1210. The molecule has 2 aromatic carbocycles. The first kappa shape index (κ1) is 18.2. The SMILES string of the molecule is CS(=O)(=O)N[C@H]1CCc2c(-c3noc(-c4ccc(O)c(C#N)c4)n3)cccc21. The van der Waals surface area contributed by atoms with Crippen LogP contribution in [-0.4, -0.2) is 29.9 Å². The molecule has 0 unspecified atom stereocenters. The summed E-state index contributed by atoms with van der Waals surface area (Å²) in [5.41, 5.74) is 3.32. The predicted molar refractivity (Wildman–Crippen MR) is 101 cm³/mol. The molecule has 0 bridgehead atoms. The van der Waals surface area contributed by atoms with E-state index < -0.39 is 10.0 Å². The molecule has 3 aromatic rings. The molecule has 8 nitrogen and oxygen atoms in total. The van der Waals surface area contributed by atoms with Crippen LogP contribution in [0.2, 0.25) is 0 Å². The summed E-state index contributed by atoms with van der Waals surface area (Å²) in [4.78, 5) is 4.43. The monoisotopic (exact) mass is 396 g/mol. The summed E-state index contributed by atoms with van der Waals surface area (Å²) in [5.74, 6) is 0.502. The number of hydrogen-bond donors (Lipinski definition) is 2. The fraction of sp³-hybridized carbons (Fsp3) is 0.211. The van der Waals surface area contributed by atoms with Crippen LogP contribution in [0.5, 0.6) is 5.75 Å². The summed E-state index contributed by atoms with van der Waals surface area (Å²) >= 11 is 0. The van der Waals surface area contributed by atoms with Crippen LogP contribution >= 0.6 is 0 Å². The van der Waals surface area contributed by atoms with E-state index in [1.165, 1.54) is 12.1 Å². The maximum absolute atomic E-state index is 11.6. The number of fused-ring (bicyclic) bond motifs is 1. The van der Waals surface area contributed by atoms with Crippen LogP contribution in [0.25, 0.3) is 22.8 Å². The van der Waals surface area contributed by atoms with E-state index in [9.17, 15) is 13.5 Å². The lowest BCUT2D eigenvalue weighted by Gasteiger charge is -2.12. The number of aromatic nitrogens is 2. The molecule has 0 saturated heterocycles. The first-order chi connectivity index (χ1) is 13.4. The van der Waals surface area contributed by atoms with Crippen LogP contribution < -0.4 is 4.72 Å². The van der Waals surface area contributed by atoms with Crippen molar-refractivity contribution < 1.29 is 18.0 Å². The van der Waals surface area contributed by atoms with Crippen LogP contribution in [-0.2, 0) is 16.4 Å². The van der Waals surface area contributed by atoms with E-state index in [1.54, 1.807) is 6.07 Å². The molecule has 1 aromatic heterocycles. The molecule has 142 valence electrons. The van der Waals surface area contributed by atoms with Gasteiger partial charge in [0, 0.05) is 17.2 Å². The largest absolute Gasteiger partial charge is 0.507 e. The topological polar surface area (TPSA) is 129 Å². The number of benzene rings is 2. The molecule has 0 amide bonds. The van der Waals surface area contributed by atoms with E-state index in [-0.39, 0.29) is 23.2 Å². The summed E-state index contributed by atoms with van der Waals surface area (Å²) in [6.45, 7) is 0. The fourth-order valence-electron chi connectivity index (χ4n) is 3.45. The Hall–Kier alpha value is -3.22. The van der Waals surface area contributed by atoms with Crippen molar-refractivity contribution in [3.63, 3.8) is 0 Å². The van der Waals surface area contributed by atoms with Crippen LogP contribution in [0, 0.1) is 11.3 Å². The van der Waals surface area contributed by atoms with Crippen molar-refractivity contribution in [2.45, 2.75) is 18.9 Å². The van der Waals surface area contributed by atoms with Crippen molar-refractivity contribution in [2.24, 2.45) is 0 Å². The van der Waals surface area contributed by atoms with Crippen molar-refractivity contribution in [1.29, 1.82) is 5.26 Å². The van der Waals surface area contributed by atoms with E-state index in [4.69, 9.17) is 9.78 Å². The Morgan fingerprint density at radius 1 is 1.32 bits per heavy atom. The summed E-state index contributed by atoms with van der Waals surface area (Å²) in [7, 11) is -3.32. The average Bonchev–Trinajstić information content (AvgIpc) is 3.28. The van der Waals surface area contributed by atoms with Gasteiger partial charge in [0.05, 0.1) is 11.8 Å². The van der Waals surface area contributed by atoms with E-state index in [2.05, 4.69) is 14.9 Å². The van der Waals surface area contributed by atoms with Gasteiger partial charge in [-0.3, -0.25) is 0 Å². The summed E-state index contributed by atoms with van der Waals surface area (Å²) < 4.78 is 31.2. The van der Waals surface area contributed by atoms with Gasteiger partial charge in [-0.2, -0.15) is 10.2 Å². The number of rotatable bonds is 4. The fourth-order valence-corrected chi connectivity index (χ4v) is 4.22. The molecule has 1 aliphatic carbocycles. The molecule has 0 radical (unpaired) electrons. The Balaban J connectivity index is 1.70. The number of nitrogens with zero attached hydrogens (tertiary/aromatic N) is 3. The second-order valence-electron chi connectivity index (χ2n) is 6.62. The first-order valence-electron chi connectivity index (χ1n) is 8.52. The summed E-state index contributed by atoms with van der Waals surface area (Å²) in [5, 5.41) is 22.7. The number of sulfonamides is 1. The minimum absolute atomic E-state index is 0.115. The third kappa shape index (κ3) is 3.35. The Kier molecular flexibility index (Phi) is 4.37. The Labute approximate surface area is 161 Å². The van der Waals surface area contributed by atoms with Crippen molar-refractivity contribution in [3.8, 4) is 34.7 Å². The number of nitrogens with one attached hydrogen (secondary N) is 1. The van der Waals surface area contributed by atoms with Crippen molar-refractivity contribution in [1.82, 2.24) is 14.9 Å². The van der Waals surface area contributed by atoms with Gasteiger partial charge in [0.25, 0.3) is 5.89 Å². The van der Waals surface area contributed by atoms with E-state index in [0.29, 0.717) is 24.2 Å². The molecular weight excluding hydrogens is 380 g/mol. The molecule has 0 aliphatic heterocycles. The molecule has 1 heterocycles. The summed E-state index contributed by atoms with van der Waals surface area (Å²) in [6, 6.07) is 11.7. The number of phenols is 1. The smallest absolute Gasteiger partial charge is 0.258 e. The normalized spacial score (nSPS) is 15.9. The average molecular weight is 396 g/mol. The van der Waals surface area contributed by atoms with Crippen LogP contribution in [0.15, 0.2) is 40.9 Å². The van der Waals surface area contributed by atoms with Crippen molar-refractivity contribution in [2.75, 3.05) is 6.26 Å². The molecule has 1 aliphatic rings. The van der Waals surface area contributed by atoms with Crippen LogP contribution in [0.1, 0.15) is 29.2 Å². The maximum Gasteiger partial charge on any atom is 0.258 e. The third-order valence-electron chi connectivity index (χ3n) is 4.66. The zero-order valence-electron chi connectivity index (χ0n) is 14.9. The highest BCUT2D eigenvalue weighted by atomic mass is 32.2. The van der Waals surface area contributed by atoms with E-state index in [1.807, 2.05) is 24.3 Å². The summed E-state index contributed by atoms with van der Waals surface area (Å²) in [6.07, 6.45) is 2.50. The molecular formula is C19H16N4O4S. The molecule has 9 heteroatoms. The van der Waals surface area contributed by atoms with Gasteiger partial charge in [0.15, 0.2) is 0 Å². The second kappa shape index (κ2) is 6.74. The highest BCUT2D eigenvalue weighted by Crippen LogP contribution is 2.37. The van der Waals surface area contributed by atoms with Gasteiger partial charge in [-0.1, -0.05) is 23.4 Å². The van der Waals surface area contributed by atoms with Crippen molar-refractivity contribution >= 4 is 10.0 Å².